The van der Waals surface area contributed by atoms with E-state index >= 15 is 0 Å². The van der Waals surface area contributed by atoms with Crippen LogP contribution >= 0.6 is 23.5 Å². The minimum atomic E-state index is 0.373. The minimum Gasteiger partial charge on any atom is -0.494 e. The van der Waals surface area contributed by atoms with Gasteiger partial charge in [0.25, 0.3) is 0 Å². The number of nitrogens with zero attached hydrogens (tertiary/aromatic N) is 8. The van der Waals surface area contributed by atoms with Crippen LogP contribution in [0.1, 0.15) is 45.1 Å². The van der Waals surface area contributed by atoms with Gasteiger partial charge in [0.05, 0.1) is 35.9 Å². The van der Waals surface area contributed by atoms with Gasteiger partial charge in [-0.05, 0) is 80.8 Å². The van der Waals surface area contributed by atoms with Crippen molar-refractivity contribution in [1.82, 2.24) is 29.7 Å². The van der Waals surface area contributed by atoms with E-state index in [4.69, 9.17) is 21.3 Å². The number of ether oxygens (including phenoxy) is 1. The third kappa shape index (κ3) is 7.98. The maximum absolute atomic E-state index is 6.71. The maximum Gasteiger partial charge on any atom is 0.229 e. The molecule has 7 rings (SSSR count). The second-order valence-corrected chi connectivity index (χ2v) is 16.2. The molecule has 3 fully saturated rings. The van der Waals surface area contributed by atoms with Gasteiger partial charge in [0, 0.05) is 81.8 Å². The number of nitrogens with one attached hydrogen (secondary N) is 2. The lowest BCUT2D eigenvalue weighted by Gasteiger charge is -2.43. The lowest BCUT2D eigenvalue weighted by Crippen LogP contribution is -2.52. The number of hydrogen-bond acceptors (Lipinski definition) is 12. The summed E-state index contributed by atoms with van der Waals surface area (Å²) in [7, 11) is 6.00. The third-order valence-corrected chi connectivity index (χ3v) is 11.2. The van der Waals surface area contributed by atoms with Crippen LogP contribution in [0.25, 0.3) is 11.0 Å². The molecule has 3 aliphatic rings. The van der Waals surface area contributed by atoms with Gasteiger partial charge in [0.1, 0.15) is 16.3 Å². The molecule has 266 valence electrons. The summed E-state index contributed by atoms with van der Waals surface area (Å²) in [5.41, 5.74) is 6.85. The molecule has 1 aliphatic carbocycles. The summed E-state index contributed by atoms with van der Waals surface area (Å²) in [6, 6.07) is 9.10. The average Bonchev–Trinajstić information content (AvgIpc) is 3.94. The van der Waals surface area contributed by atoms with Gasteiger partial charge in [-0.1, -0.05) is 25.4 Å². The van der Waals surface area contributed by atoms with E-state index in [-0.39, 0.29) is 0 Å². The number of benzene rings is 2. The fourth-order valence-corrected chi connectivity index (χ4v) is 8.26. The Morgan fingerprint density at radius 1 is 0.960 bits per heavy atom. The van der Waals surface area contributed by atoms with Crippen LogP contribution in [0.5, 0.6) is 5.75 Å². The quantitative estimate of drug-likeness (QED) is 0.145. The van der Waals surface area contributed by atoms with Crippen molar-refractivity contribution in [2.75, 3.05) is 80.3 Å². The molecule has 50 heavy (non-hydrogen) atoms. The van der Waals surface area contributed by atoms with Crippen LogP contribution in [0, 0.1) is 5.92 Å². The van der Waals surface area contributed by atoms with Crippen molar-refractivity contribution in [1.29, 1.82) is 0 Å². The average molecular weight is 717 g/mol. The lowest BCUT2D eigenvalue weighted by atomic mass is 9.98. The Bertz CT molecular complexity index is 1790. The van der Waals surface area contributed by atoms with Crippen LogP contribution in [0.2, 0.25) is 5.02 Å². The molecule has 0 unspecified atom stereocenters. The number of piperidine rings is 1. The fraction of sp³-hybridized carbons (Fsp3) is 0.514. The molecule has 2 aliphatic heterocycles. The van der Waals surface area contributed by atoms with Crippen molar-refractivity contribution in [2.45, 2.75) is 57.2 Å². The second-order valence-electron chi connectivity index (χ2n) is 14.1. The summed E-state index contributed by atoms with van der Waals surface area (Å²) in [5.74, 6) is 2.44. The van der Waals surface area contributed by atoms with Crippen LogP contribution in [0.15, 0.2) is 42.9 Å². The largest absolute Gasteiger partial charge is 0.494 e. The molecule has 4 aromatic rings. The summed E-state index contributed by atoms with van der Waals surface area (Å²) >= 11 is 8.42. The number of methoxy groups -OCH3 is 1. The van der Waals surface area contributed by atoms with Crippen molar-refractivity contribution in [3.8, 4) is 5.75 Å². The molecule has 0 bridgehead atoms. The van der Waals surface area contributed by atoms with Crippen LogP contribution in [0.4, 0.5) is 34.5 Å². The molecule has 0 spiro atoms. The summed E-state index contributed by atoms with van der Waals surface area (Å²) in [6.45, 7) is 11.1. The number of hydrogen-bond donors (Lipinski definition) is 2. The monoisotopic (exact) mass is 716 g/mol. The Labute approximate surface area is 305 Å². The minimum absolute atomic E-state index is 0.373. The van der Waals surface area contributed by atoms with E-state index in [1.807, 2.05) is 19.2 Å². The SMILES string of the molecule is COc1cc(N2CCC(N3CCN(C)CC3)CC2)c(CC2CC2)cc1Nc1ncc(Cl)c(Nc2ccc3nccnc3c2N(C)SC(C)C)n1. The Kier molecular flexibility index (Phi) is 10.7. The third-order valence-electron chi connectivity index (χ3n) is 10.0. The molecular formula is C37H49ClN10OS. The first-order chi connectivity index (χ1) is 24.2. The highest BCUT2D eigenvalue weighted by atomic mass is 35.5. The number of rotatable bonds is 12. The van der Waals surface area contributed by atoms with Gasteiger partial charge in [-0.3, -0.25) is 14.9 Å². The van der Waals surface area contributed by atoms with Crippen LogP contribution in [-0.4, -0.2) is 102 Å². The van der Waals surface area contributed by atoms with Gasteiger partial charge in [-0.2, -0.15) is 4.98 Å². The van der Waals surface area contributed by atoms with Crippen LogP contribution in [-0.2, 0) is 6.42 Å². The fourth-order valence-electron chi connectivity index (χ4n) is 7.20. The van der Waals surface area contributed by atoms with Crippen molar-refractivity contribution < 1.29 is 4.74 Å². The zero-order valence-electron chi connectivity index (χ0n) is 29.8. The molecule has 13 heteroatoms. The Balaban J connectivity index is 1.13. The van der Waals surface area contributed by atoms with Gasteiger partial charge >= 0.3 is 0 Å². The van der Waals surface area contributed by atoms with E-state index in [0.717, 1.165) is 59.3 Å². The summed E-state index contributed by atoms with van der Waals surface area (Å²) < 4.78 is 8.12. The molecule has 0 amide bonds. The summed E-state index contributed by atoms with van der Waals surface area (Å²) in [5, 5.41) is 7.74. The van der Waals surface area contributed by atoms with Gasteiger partial charge in [0.2, 0.25) is 5.95 Å². The highest BCUT2D eigenvalue weighted by molar-refractivity contribution is 8.01. The smallest absolute Gasteiger partial charge is 0.229 e. The number of likely N-dealkylation sites (N-methyl/N-ethyl adjacent to an activating group) is 1. The van der Waals surface area contributed by atoms with Crippen molar-refractivity contribution in [2.24, 2.45) is 5.92 Å². The van der Waals surface area contributed by atoms with Crippen LogP contribution in [0.3, 0.4) is 0 Å². The molecule has 0 radical (unpaired) electrons. The van der Waals surface area contributed by atoms with E-state index < -0.39 is 0 Å². The molecule has 2 N–H and O–H groups in total. The number of anilines is 6. The Morgan fingerprint density at radius 2 is 1.72 bits per heavy atom. The number of fused-ring (bicyclic) bond motifs is 1. The molecule has 1 saturated carbocycles. The first-order valence-corrected chi connectivity index (χ1v) is 19.1. The topological polar surface area (TPSA) is 97.8 Å². The predicted molar refractivity (Wildman–Crippen MR) is 208 cm³/mol. The lowest BCUT2D eigenvalue weighted by molar-refractivity contribution is 0.0982. The van der Waals surface area contributed by atoms with Gasteiger partial charge < -0.3 is 29.5 Å². The molecular weight excluding hydrogens is 668 g/mol. The maximum atomic E-state index is 6.71. The number of halogens is 1. The molecule has 11 nitrogen and oxygen atoms in total. The second kappa shape index (κ2) is 15.3. The van der Waals surface area contributed by atoms with Crippen molar-refractivity contribution in [3.63, 3.8) is 0 Å². The van der Waals surface area contributed by atoms with Crippen molar-refractivity contribution in [3.05, 3.63) is 53.4 Å². The Hall–Kier alpha value is -3.58. The summed E-state index contributed by atoms with van der Waals surface area (Å²) in [4.78, 5) is 26.3. The molecule has 0 atom stereocenters. The van der Waals surface area contributed by atoms with Crippen molar-refractivity contribution >= 4 is 69.1 Å². The highest BCUT2D eigenvalue weighted by Gasteiger charge is 2.30. The van der Waals surface area contributed by atoms with E-state index in [1.165, 1.54) is 63.1 Å². The zero-order chi connectivity index (χ0) is 34.8. The highest BCUT2D eigenvalue weighted by Crippen LogP contribution is 2.42. The molecule has 4 heterocycles. The van der Waals surface area contributed by atoms with Gasteiger partial charge in [-0.15, -0.1) is 0 Å². The van der Waals surface area contributed by atoms with E-state index in [1.54, 1.807) is 37.6 Å². The molecule has 2 saturated heterocycles. The van der Waals surface area contributed by atoms with Crippen LogP contribution < -0.4 is 24.6 Å². The molecule has 2 aromatic carbocycles. The predicted octanol–water partition coefficient (Wildman–Crippen LogP) is 7.23. The number of aromatic nitrogens is 4. The first-order valence-electron chi connectivity index (χ1n) is 17.8. The van der Waals surface area contributed by atoms with E-state index in [9.17, 15) is 0 Å². The Morgan fingerprint density at radius 3 is 2.44 bits per heavy atom. The zero-order valence-corrected chi connectivity index (χ0v) is 31.4. The van der Waals surface area contributed by atoms with E-state index in [2.05, 4.69) is 77.6 Å². The first kappa shape index (κ1) is 34.9. The van der Waals surface area contributed by atoms with Gasteiger partial charge in [-0.25, -0.2) is 4.98 Å². The summed E-state index contributed by atoms with van der Waals surface area (Å²) in [6.07, 6.45) is 11.1. The number of piperazine rings is 1. The molecule has 2 aromatic heterocycles. The van der Waals surface area contributed by atoms with Gasteiger partial charge in [0.15, 0.2) is 5.82 Å². The van der Waals surface area contributed by atoms with E-state index in [0.29, 0.717) is 28.1 Å². The standard InChI is InChI=1S/C37H49ClN10OS/c1-24(2)50-46(4)35-30(9-8-29-34(35)40-13-12-39-29)42-36-28(38)23-41-37(44-36)43-31-21-26(20-25-6-7-25)32(22-33(31)49-5)48-14-10-27(11-15-48)47-18-16-45(3)17-19-47/h8-9,12-13,21-25,27H,6-7,10-11,14-20H2,1-5H3,(H2,41,42,43,44). The normalized spacial score (nSPS) is 17.8.